The molecule has 0 bridgehead atoms. The molecule has 0 amide bonds. The van der Waals surface area contributed by atoms with Crippen molar-refractivity contribution in [1.29, 1.82) is 0 Å². The Kier molecular flexibility index (Phi) is 22.4. The van der Waals surface area contributed by atoms with E-state index < -0.39 is 6.29 Å². The Bertz CT molecular complexity index is 2590. The van der Waals surface area contributed by atoms with Crippen LogP contribution in [0.4, 0.5) is 27.8 Å². The van der Waals surface area contributed by atoms with E-state index in [4.69, 9.17) is 28.4 Å². The Labute approximate surface area is 445 Å². The van der Waals surface area contributed by atoms with E-state index in [0.717, 1.165) is 108 Å². The maximum absolute atomic E-state index is 6.96. The van der Waals surface area contributed by atoms with Crippen LogP contribution in [0.2, 0.25) is 0 Å². The van der Waals surface area contributed by atoms with Gasteiger partial charge in [-0.05, 0) is 105 Å². The molecule has 0 atom stereocenters. The fourth-order valence-electron chi connectivity index (χ4n) is 9.07. The predicted molar refractivity (Wildman–Crippen MR) is 309 cm³/mol. The fourth-order valence-corrected chi connectivity index (χ4v) is 11.2. The normalized spacial score (nSPS) is 12.9. The minimum atomic E-state index is -0.428. The highest BCUT2D eigenvalue weighted by atomic mass is 32.2. The summed E-state index contributed by atoms with van der Waals surface area (Å²) in [5.41, 5.74) is 10.5. The molecule has 0 unspecified atom stereocenters. The van der Waals surface area contributed by atoms with E-state index in [9.17, 15) is 0 Å². The van der Waals surface area contributed by atoms with Gasteiger partial charge in [-0.3, -0.25) is 0 Å². The third-order valence-corrected chi connectivity index (χ3v) is 15.4. The first-order valence-electron chi connectivity index (χ1n) is 26.6. The van der Waals surface area contributed by atoms with Crippen molar-refractivity contribution in [2.75, 3.05) is 56.3 Å². The Hall–Kier alpha value is -5.33. The van der Waals surface area contributed by atoms with E-state index in [2.05, 4.69) is 171 Å². The third kappa shape index (κ3) is 15.6. The molecule has 0 saturated carbocycles. The number of para-hydroxylation sites is 1. The quantitative estimate of drug-likeness (QED) is 0.0313. The molecule has 0 N–H and O–H groups in total. The summed E-state index contributed by atoms with van der Waals surface area (Å²) in [6, 6.07) is 45.2. The van der Waals surface area contributed by atoms with Crippen molar-refractivity contribution < 1.29 is 28.4 Å². The lowest BCUT2D eigenvalue weighted by atomic mass is 10.1. The number of unbranched alkanes of at least 4 members (excludes halogenated alkanes) is 10. The van der Waals surface area contributed by atoms with Gasteiger partial charge in [-0.15, -0.1) is 23.1 Å². The highest BCUT2D eigenvalue weighted by molar-refractivity contribution is 8.08. The lowest BCUT2D eigenvalue weighted by molar-refractivity contribution is -0.106. The Morgan fingerprint density at radius 1 is 0.671 bits per heavy atom. The molecule has 2 heterocycles. The lowest BCUT2D eigenvalue weighted by Gasteiger charge is -2.26. The molecule has 388 valence electrons. The van der Waals surface area contributed by atoms with Crippen molar-refractivity contribution in [3.05, 3.63) is 162 Å². The van der Waals surface area contributed by atoms with E-state index in [-0.39, 0.29) is 6.29 Å². The molecule has 0 spiro atoms. The van der Waals surface area contributed by atoms with E-state index in [1.165, 1.54) is 51.4 Å². The van der Waals surface area contributed by atoms with E-state index in [0.29, 0.717) is 32.3 Å². The van der Waals surface area contributed by atoms with Gasteiger partial charge < -0.3 is 38.2 Å². The maximum Gasteiger partial charge on any atom is 0.184 e. The van der Waals surface area contributed by atoms with Crippen LogP contribution in [0.3, 0.4) is 0 Å². The lowest BCUT2D eigenvalue weighted by Crippen LogP contribution is -2.16. The van der Waals surface area contributed by atoms with Gasteiger partial charge in [-0.1, -0.05) is 151 Å². The molecule has 73 heavy (non-hydrogen) atoms. The molecule has 8 nitrogen and oxygen atoms in total. The van der Waals surface area contributed by atoms with Crippen LogP contribution in [-0.2, 0) is 18.9 Å². The third-order valence-electron chi connectivity index (χ3n) is 13.2. The number of methoxy groups -OCH3 is 2. The SMILES string of the molecule is C=C(C)c1ccc(N(c2ccc(C3OCCO3)cc2)c2ccc(-c3cc(OCCCCCCCC)c(C(=CC)SCN(c4ccccc4)c4ccc(C(OC)OC)cc4)cc3OCCCCCCCC)s2)cc1. The van der Waals surface area contributed by atoms with Gasteiger partial charge in [0.2, 0.25) is 0 Å². The van der Waals surface area contributed by atoms with E-state index in [1.807, 2.05) is 6.92 Å². The number of benzene rings is 5. The summed E-state index contributed by atoms with van der Waals surface area (Å²) in [6.07, 6.45) is 15.7. The highest BCUT2D eigenvalue weighted by Crippen LogP contribution is 2.48. The number of hydrogen-bond donors (Lipinski definition) is 0. The van der Waals surface area contributed by atoms with Crippen molar-refractivity contribution in [3.8, 4) is 21.9 Å². The van der Waals surface area contributed by atoms with Crippen LogP contribution in [0, 0.1) is 0 Å². The second-order valence-electron chi connectivity index (χ2n) is 18.6. The number of rotatable bonds is 31. The van der Waals surface area contributed by atoms with Gasteiger partial charge in [-0.2, -0.15) is 0 Å². The maximum atomic E-state index is 6.96. The first-order chi connectivity index (χ1) is 35.8. The molecule has 7 rings (SSSR count). The summed E-state index contributed by atoms with van der Waals surface area (Å²) in [5.74, 6) is 2.39. The molecular weight excluding hydrogens is 945 g/mol. The van der Waals surface area contributed by atoms with Crippen LogP contribution in [-0.4, -0.2) is 46.5 Å². The average Bonchev–Trinajstić information content (AvgIpc) is 4.15. The van der Waals surface area contributed by atoms with Crippen molar-refractivity contribution in [2.24, 2.45) is 0 Å². The van der Waals surface area contributed by atoms with E-state index in [1.54, 1.807) is 37.3 Å². The van der Waals surface area contributed by atoms with Crippen molar-refractivity contribution in [3.63, 3.8) is 0 Å². The molecule has 0 radical (unpaired) electrons. The summed E-state index contributed by atoms with van der Waals surface area (Å²) >= 11 is 3.56. The zero-order valence-electron chi connectivity index (χ0n) is 44.2. The number of nitrogens with zero attached hydrogens (tertiary/aromatic N) is 2. The first-order valence-corrected chi connectivity index (χ1v) is 28.4. The number of ether oxygens (including phenoxy) is 6. The van der Waals surface area contributed by atoms with Crippen LogP contribution >= 0.6 is 23.1 Å². The number of thiophene rings is 1. The molecule has 1 fully saturated rings. The van der Waals surface area contributed by atoms with Crippen molar-refractivity contribution in [1.82, 2.24) is 0 Å². The smallest absolute Gasteiger partial charge is 0.184 e. The molecule has 6 aromatic rings. The zero-order chi connectivity index (χ0) is 51.2. The topological polar surface area (TPSA) is 61.9 Å². The Morgan fingerprint density at radius 2 is 1.23 bits per heavy atom. The summed E-state index contributed by atoms with van der Waals surface area (Å²) in [5, 5.41) is 1.08. The summed E-state index contributed by atoms with van der Waals surface area (Å²) in [7, 11) is 3.33. The van der Waals surface area contributed by atoms with Crippen LogP contribution in [0.25, 0.3) is 20.9 Å². The zero-order valence-corrected chi connectivity index (χ0v) is 45.9. The van der Waals surface area contributed by atoms with Crippen LogP contribution < -0.4 is 19.3 Å². The standard InChI is InChI=1S/C63H78N2O6S2/c1-8-11-13-15-17-22-40-68-57-45-56(60-38-39-61(73-60)65(53-34-26-48(27-35-53)47(4)5)54-36-30-50(31-37-54)63-70-42-43-71-63)58(69-41-23-18-16-14-12-9-2)44-55(57)59(10-3)72-46-64(51-24-20-19-21-25-51)52-32-28-49(29-33-52)62(66-6)67-7/h10,19-21,24-39,44-45,62-63H,4,8-9,11-18,22-23,40-43,46H2,1-3,5-7H3. The van der Waals surface area contributed by atoms with Crippen LogP contribution in [0.1, 0.15) is 140 Å². The van der Waals surface area contributed by atoms with Crippen molar-refractivity contribution in [2.45, 2.75) is 117 Å². The fraction of sp³-hybridized carbons (Fsp3) is 0.397. The van der Waals surface area contributed by atoms with Gasteiger partial charge in [0.05, 0.1) is 32.3 Å². The number of allylic oxidation sites excluding steroid dienone is 2. The summed E-state index contributed by atoms with van der Waals surface area (Å²) in [6.45, 7) is 15.4. The van der Waals surface area contributed by atoms with Gasteiger partial charge in [0, 0.05) is 69.0 Å². The van der Waals surface area contributed by atoms with Gasteiger partial charge >= 0.3 is 0 Å². The van der Waals surface area contributed by atoms with Gasteiger partial charge in [0.15, 0.2) is 12.6 Å². The van der Waals surface area contributed by atoms with E-state index >= 15 is 0 Å². The number of thioether (sulfide) groups is 1. The molecule has 1 aliphatic heterocycles. The minimum Gasteiger partial charge on any atom is -0.493 e. The molecular formula is C63H78N2O6S2. The first kappa shape index (κ1) is 55.4. The second-order valence-corrected chi connectivity index (χ2v) is 20.7. The van der Waals surface area contributed by atoms with Crippen molar-refractivity contribution >= 4 is 61.3 Å². The number of hydrogen-bond acceptors (Lipinski definition) is 10. The molecule has 10 heteroatoms. The van der Waals surface area contributed by atoms with Gasteiger partial charge in [0.1, 0.15) is 16.5 Å². The molecule has 1 aromatic heterocycles. The van der Waals surface area contributed by atoms with Crippen LogP contribution in [0.15, 0.2) is 140 Å². The summed E-state index contributed by atoms with van der Waals surface area (Å²) in [4.78, 5) is 6.90. The molecule has 5 aromatic carbocycles. The Morgan fingerprint density at radius 3 is 1.82 bits per heavy atom. The van der Waals surface area contributed by atoms with Gasteiger partial charge in [-0.25, -0.2) is 0 Å². The van der Waals surface area contributed by atoms with Gasteiger partial charge in [0.25, 0.3) is 0 Å². The molecule has 1 saturated heterocycles. The summed E-state index contributed by atoms with van der Waals surface area (Å²) < 4.78 is 36.8. The number of anilines is 5. The predicted octanol–water partition coefficient (Wildman–Crippen LogP) is 18.6. The highest BCUT2D eigenvalue weighted by Gasteiger charge is 2.24. The molecule has 0 aliphatic carbocycles. The molecule has 1 aliphatic rings. The Balaban J connectivity index is 1.26. The largest absolute Gasteiger partial charge is 0.493 e. The monoisotopic (exact) mass is 1020 g/mol. The minimum absolute atomic E-state index is 0.339. The second kappa shape index (κ2) is 29.5. The van der Waals surface area contributed by atoms with Crippen LogP contribution in [0.5, 0.6) is 11.5 Å². The average molecular weight is 1020 g/mol.